The van der Waals surface area contributed by atoms with Gasteiger partial charge in [0.25, 0.3) is 16.7 Å². The number of fused-ring (bicyclic) bond motifs is 1. The second-order valence-corrected chi connectivity index (χ2v) is 6.48. The Morgan fingerprint density at radius 2 is 2.21 bits per heavy atom. The Labute approximate surface area is 140 Å². The minimum Gasteiger partial charge on any atom is -0.463 e. The molecule has 1 saturated heterocycles. The lowest BCUT2D eigenvalue weighted by atomic mass is 10.1. The normalized spacial score (nSPS) is 14.8. The van der Waals surface area contributed by atoms with Gasteiger partial charge in [0.2, 0.25) is 5.71 Å². The maximum Gasteiger partial charge on any atom is 0.273 e. The lowest BCUT2D eigenvalue weighted by Crippen LogP contribution is -2.56. The summed E-state index contributed by atoms with van der Waals surface area (Å²) >= 11 is 1.41. The molecule has 124 valence electrons. The second kappa shape index (κ2) is 5.45. The van der Waals surface area contributed by atoms with E-state index in [0.29, 0.717) is 24.0 Å². The van der Waals surface area contributed by atoms with Gasteiger partial charge in [0, 0.05) is 18.6 Å². The van der Waals surface area contributed by atoms with E-state index in [1.54, 1.807) is 25.1 Å². The Kier molecular flexibility index (Phi) is 3.38. The van der Waals surface area contributed by atoms with E-state index >= 15 is 0 Å². The van der Waals surface area contributed by atoms with Crippen LogP contribution in [0.1, 0.15) is 16.1 Å². The fourth-order valence-corrected chi connectivity index (χ4v) is 3.24. The van der Waals surface area contributed by atoms with Gasteiger partial charge in [-0.05, 0) is 6.92 Å². The van der Waals surface area contributed by atoms with Gasteiger partial charge in [-0.2, -0.15) is 0 Å². The molecule has 0 saturated carbocycles. The molecule has 24 heavy (non-hydrogen) atoms. The molecule has 1 aliphatic rings. The highest BCUT2D eigenvalue weighted by Crippen LogP contribution is 2.26. The van der Waals surface area contributed by atoms with E-state index in [2.05, 4.69) is 9.97 Å². The predicted molar refractivity (Wildman–Crippen MR) is 86.4 cm³/mol. The molecule has 1 amide bonds. The number of furan rings is 1. The monoisotopic (exact) mass is 346 g/mol. The van der Waals surface area contributed by atoms with E-state index in [1.165, 1.54) is 22.2 Å². The van der Waals surface area contributed by atoms with Crippen molar-refractivity contribution < 1.29 is 13.9 Å². The van der Waals surface area contributed by atoms with Gasteiger partial charge in [-0.15, -0.1) is 0 Å². The molecule has 0 spiro atoms. The molecule has 8 nitrogen and oxygen atoms in total. The molecule has 0 atom stereocenters. The average molecular weight is 346 g/mol. The first-order valence-corrected chi connectivity index (χ1v) is 8.22. The third-order valence-electron chi connectivity index (χ3n) is 3.97. The van der Waals surface area contributed by atoms with Crippen molar-refractivity contribution in [2.75, 3.05) is 13.1 Å². The van der Waals surface area contributed by atoms with Gasteiger partial charge >= 0.3 is 0 Å². The van der Waals surface area contributed by atoms with Crippen LogP contribution in [0, 0.1) is 6.92 Å². The van der Waals surface area contributed by atoms with Gasteiger partial charge in [0.15, 0.2) is 0 Å². The molecule has 0 radical (unpaired) electrons. The van der Waals surface area contributed by atoms with Crippen molar-refractivity contribution in [2.45, 2.75) is 13.0 Å². The Morgan fingerprint density at radius 3 is 2.92 bits per heavy atom. The van der Waals surface area contributed by atoms with Crippen LogP contribution in [0.3, 0.4) is 0 Å². The number of likely N-dealkylation sites (tertiary alicyclic amines) is 1. The maximum absolute atomic E-state index is 12.8. The molecule has 0 bridgehead atoms. The van der Waals surface area contributed by atoms with Crippen molar-refractivity contribution in [3.63, 3.8) is 0 Å². The minimum absolute atomic E-state index is 0.0838. The number of hydrogen-bond acceptors (Lipinski definition) is 7. The number of thiazole rings is 1. The van der Waals surface area contributed by atoms with E-state index in [0.717, 1.165) is 0 Å². The summed E-state index contributed by atoms with van der Waals surface area (Å²) in [6.07, 6.45) is 2.97. The Balaban J connectivity index is 1.58. The van der Waals surface area contributed by atoms with E-state index in [9.17, 15) is 9.59 Å². The lowest BCUT2D eigenvalue weighted by Gasteiger charge is -2.38. The highest BCUT2D eigenvalue weighted by molar-refractivity contribution is 7.11. The summed E-state index contributed by atoms with van der Waals surface area (Å²) in [6, 6.07) is 0. The van der Waals surface area contributed by atoms with Crippen LogP contribution in [0.2, 0.25) is 0 Å². The smallest absolute Gasteiger partial charge is 0.273 e. The van der Waals surface area contributed by atoms with Gasteiger partial charge in [-0.3, -0.25) is 9.59 Å². The predicted octanol–water partition coefficient (Wildman–Crippen LogP) is 1.19. The van der Waals surface area contributed by atoms with Crippen molar-refractivity contribution in [3.05, 3.63) is 39.6 Å². The van der Waals surface area contributed by atoms with Crippen LogP contribution < -0.4 is 10.3 Å². The Bertz CT molecular complexity index is 969. The van der Waals surface area contributed by atoms with E-state index in [1.807, 2.05) is 5.38 Å². The van der Waals surface area contributed by atoms with Gasteiger partial charge in [0.05, 0.1) is 18.7 Å². The van der Waals surface area contributed by atoms with Crippen LogP contribution >= 0.6 is 11.3 Å². The molecule has 4 rings (SSSR count). The molecule has 3 aromatic heterocycles. The quantitative estimate of drug-likeness (QED) is 0.708. The highest BCUT2D eigenvalue weighted by atomic mass is 32.1. The molecule has 9 heteroatoms. The number of ether oxygens (including phenoxy) is 1. The van der Waals surface area contributed by atoms with Crippen molar-refractivity contribution in [2.24, 2.45) is 7.05 Å². The molecule has 0 aromatic carbocycles. The Hall–Kier alpha value is -2.68. The van der Waals surface area contributed by atoms with Crippen LogP contribution in [-0.2, 0) is 7.05 Å². The molecule has 4 heterocycles. The Morgan fingerprint density at radius 1 is 1.42 bits per heavy atom. The first-order valence-electron chi connectivity index (χ1n) is 7.34. The number of amides is 1. The summed E-state index contributed by atoms with van der Waals surface area (Å²) in [7, 11) is 1.59. The van der Waals surface area contributed by atoms with Crippen molar-refractivity contribution in [3.8, 4) is 5.19 Å². The first kappa shape index (κ1) is 14.9. The maximum atomic E-state index is 12.8. The zero-order valence-electron chi connectivity index (χ0n) is 13.1. The number of aryl methyl sites for hydroxylation is 2. The summed E-state index contributed by atoms with van der Waals surface area (Å²) in [5.74, 6) is 0.158. The molecule has 3 aromatic rings. The van der Waals surface area contributed by atoms with Crippen LogP contribution in [0.25, 0.3) is 11.1 Å². The molecular weight excluding hydrogens is 332 g/mol. The summed E-state index contributed by atoms with van der Waals surface area (Å²) in [5, 5.41) is 2.66. The minimum atomic E-state index is -0.295. The molecule has 0 unspecified atom stereocenters. The summed E-state index contributed by atoms with van der Waals surface area (Å²) in [5.41, 5.74) is 0.178. The number of rotatable bonds is 3. The van der Waals surface area contributed by atoms with Gasteiger partial charge in [-0.1, -0.05) is 11.3 Å². The third-order valence-corrected chi connectivity index (χ3v) is 4.64. The fraction of sp³-hybridized carbons (Fsp3) is 0.333. The lowest BCUT2D eigenvalue weighted by molar-refractivity contribution is 0.0177. The van der Waals surface area contributed by atoms with E-state index < -0.39 is 0 Å². The van der Waals surface area contributed by atoms with Crippen molar-refractivity contribution in [1.82, 2.24) is 19.4 Å². The van der Waals surface area contributed by atoms with Crippen LogP contribution in [-0.4, -0.2) is 44.5 Å². The summed E-state index contributed by atoms with van der Waals surface area (Å²) < 4.78 is 12.5. The summed E-state index contributed by atoms with van der Waals surface area (Å²) in [6.45, 7) is 2.56. The van der Waals surface area contributed by atoms with Crippen LogP contribution in [0.4, 0.5) is 0 Å². The highest BCUT2D eigenvalue weighted by Gasteiger charge is 2.36. The van der Waals surface area contributed by atoms with Crippen LogP contribution in [0.5, 0.6) is 5.19 Å². The fourth-order valence-electron chi connectivity index (χ4n) is 2.69. The van der Waals surface area contributed by atoms with Crippen LogP contribution in [0.15, 0.2) is 27.1 Å². The zero-order valence-corrected chi connectivity index (χ0v) is 13.9. The molecule has 1 aliphatic heterocycles. The zero-order chi connectivity index (χ0) is 16.8. The number of nitrogens with zero attached hydrogens (tertiary/aromatic N) is 4. The second-order valence-electron chi connectivity index (χ2n) is 5.62. The molecule has 1 fully saturated rings. The number of hydrogen-bond donors (Lipinski definition) is 0. The molecule has 0 N–H and O–H groups in total. The van der Waals surface area contributed by atoms with Crippen molar-refractivity contribution >= 4 is 28.3 Å². The van der Waals surface area contributed by atoms with E-state index in [4.69, 9.17) is 9.15 Å². The van der Waals surface area contributed by atoms with Crippen molar-refractivity contribution in [1.29, 1.82) is 0 Å². The summed E-state index contributed by atoms with van der Waals surface area (Å²) in [4.78, 5) is 34.8. The third kappa shape index (κ3) is 2.28. The first-order chi connectivity index (χ1) is 11.5. The molecule has 0 aliphatic carbocycles. The van der Waals surface area contributed by atoms with Gasteiger partial charge in [-0.25, -0.2) is 9.97 Å². The largest absolute Gasteiger partial charge is 0.463 e. The van der Waals surface area contributed by atoms with E-state index in [-0.39, 0.29) is 34.2 Å². The number of carbonyl (C=O) groups is 1. The number of aromatic nitrogens is 3. The SMILES string of the molecule is Cc1oc2ncn(C)c(=O)c2c1C(=O)N1CC(Oc2nccs2)C1. The van der Waals surface area contributed by atoms with Gasteiger partial charge < -0.3 is 18.6 Å². The topological polar surface area (TPSA) is 90.5 Å². The molecular formula is C15H14N4O4S. The van der Waals surface area contributed by atoms with Gasteiger partial charge in [0.1, 0.15) is 23.6 Å². The standard InChI is InChI=1S/C15H14N4O4S/c1-8-10(11-12(22-8)17-7-18(2)13(11)20)14(21)19-5-9(6-19)23-15-16-3-4-24-15/h3-4,7,9H,5-6H2,1-2H3. The average Bonchev–Trinajstić information content (AvgIpc) is 3.13. The number of carbonyl (C=O) groups excluding carboxylic acids is 1.